The molecule has 0 bridgehead atoms. The number of anilines is 1. The number of benzene rings is 2. The SMILES string of the molecule is CCC/C(=C\c1cc(C)c(O)c(C)c1)CC[C@H]1OC[C@H]2C1=C(CO)C[C@H]1C(=O)N(c3cc(C(F)(F)F)cc(C(F)(F)F)c3)C(=O)[C@H]12. The Morgan fingerprint density at radius 1 is 0.935 bits per heavy atom. The number of halogens is 6. The molecule has 5 rings (SSSR count). The minimum atomic E-state index is -5.15. The Morgan fingerprint density at radius 2 is 1.54 bits per heavy atom. The lowest BCUT2D eigenvalue weighted by atomic mass is 9.69. The van der Waals surface area contributed by atoms with Gasteiger partial charge in [0.25, 0.3) is 0 Å². The molecule has 0 unspecified atom stereocenters. The molecule has 2 heterocycles. The fourth-order valence-corrected chi connectivity index (χ4v) is 7.16. The van der Waals surface area contributed by atoms with Crippen molar-refractivity contribution in [2.24, 2.45) is 17.8 Å². The van der Waals surface area contributed by atoms with E-state index >= 15 is 0 Å². The average Bonchev–Trinajstić information content (AvgIpc) is 3.51. The normalized spacial score (nSPS) is 23.8. The Labute approximate surface area is 262 Å². The molecule has 6 nitrogen and oxygen atoms in total. The van der Waals surface area contributed by atoms with Gasteiger partial charge in [-0.05, 0) is 97.7 Å². The first kappa shape index (κ1) is 33.7. The number of phenolic OH excluding ortho intramolecular Hbond substituents is 1. The fraction of sp³-hybridized carbons (Fsp3) is 0.471. The molecule has 2 aromatic rings. The summed E-state index contributed by atoms with van der Waals surface area (Å²) in [6, 6.07) is 4.51. The van der Waals surface area contributed by atoms with Crippen LogP contribution in [0.5, 0.6) is 5.75 Å². The Bertz CT molecular complexity index is 1550. The molecule has 2 amide bonds. The molecule has 2 N–H and O–H groups in total. The van der Waals surface area contributed by atoms with Crippen LogP contribution in [0.25, 0.3) is 6.08 Å². The minimum Gasteiger partial charge on any atom is -0.507 e. The number of aliphatic hydroxyl groups is 1. The van der Waals surface area contributed by atoms with Gasteiger partial charge >= 0.3 is 12.4 Å². The molecule has 2 saturated heterocycles. The van der Waals surface area contributed by atoms with Crippen molar-refractivity contribution < 1.29 is 50.9 Å². The minimum absolute atomic E-state index is 0.0249. The lowest BCUT2D eigenvalue weighted by Gasteiger charge is -2.31. The maximum Gasteiger partial charge on any atom is 0.416 e. The van der Waals surface area contributed by atoms with Crippen LogP contribution in [0, 0.1) is 31.6 Å². The fourth-order valence-electron chi connectivity index (χ4n) is 7.16. The zero-order valence-corrected chi connectivity index (χ0v) is 25.6. The smallest absolute Gasteiger partial charge is 0.416 e. The number of carbonyl (C=O) groups excluding carboxylic acids is 2. The number of fused-ring (bicyclic) bond motifs is 3. The second kappa shape index (κ2) is 12.5. The predicted molar refractivity (Wildman–Crippen MR) is 158 cm³/mol. The van der Waals surface area contributed by atoms with Crippen LogP contribution in [-0.4, -0.2) is 41.3 Å². The van der Waals surface area contributed by atoms with Crippen molar-refractivity contribution in [3.63, 3.8) is 0 Å². The van der Waals surface area contributed by atoms with Crippen molar-refractivity contribution in [2.75, 3.05) is 18.1 Å². The van der Waals surface area contributed by atoms with Gasteiger partial charge in [0.1, 0.15) is 5.75 Å². The van der Waals surface area contributed by atoms with Gasteiger partial charge in [-0.1, -0.05) is 25.0 Å². The van der Waals surface area contributed by atoms with Crippen molar-refractivity contribution in [1.82, 2.24) is 0 Å². The van der Waals surface area contributed by atoms with Crippen LogP contribution >= 0.6 is 0 Å². The van der Waals surface area contributed by atoms with Crippen LogP contribution in [0.2, 0.25) is 0 Å². The summed E-state index contributed by atoms with van der Waals surface area (Å²) in [7, 11) is 0. The highest BCUT2D eigenvalue weighted by Crippen LogP contribution is 2.51. The standard InChI is InChI=1S/C34H35F6NO5/c1-4-5-19(10-20-8-17(2)30(43)18(3)9-20)6-7-27-28-21(15-42)11-25-29(26(28)16-46-27)32(45)41(31(25)44)24-13-22(33(35,36)37)12-23(14-24)34(38,39)40/h8-10,12-14,25-27,29,42-43H,4-7,11,15-16H2,1-3H3/b19-10+/t25-,26+,27-,29-/m1/s1. The number of carbonyl (C=O) groups is 2. The Morgan fingerprint density at radius 3 is 2.09 bits per heavy atom. The number of nitrogens with zero attached hydrogens (tertiary/aromatic N) is 1. The third kappa shape index (κ3) is 6.33. The lowest BCUT2D eigenvalue weighted by Crippen LogP contribution is -2.35. The molecule has 12 heteroatoms. The summed E-state index contributed by atoms with van der Waals surface area (Å²) >= 11 is 0. The summed E-state index contributed by atoms with van der Waals surface area (Å²) in [6.07, 6.45) is -5.98. The summed E-state index contributed by atoms with van der Waals surface area (Å²) in [5, 5.41) is 20.4. The Hall–Kier alpha value is -3.64. The Balaban J connectivity index is 1.42. The first-order valence-corrected chi connectivity index (χ1v) is 15.2. The number of alkyl halides is 6. The van der Waals surface area contributed by atoms with Gasteiger partial charge in [-0.2, -0.15) is 26.3 Å². The number of amides is 2. The molecule has 2 fully saturated rings. The number of aromatic hydroxyl groups is 1. The highest BCUT2D eigenvalue weighted by molar-refractivity contribution is 6.22. The molecule has 1 aliphatic carbocycles. The van der Waals surface area contributed by atoms with Crippen LogP contribution in [0.3, 0.4) is 0 Å². The van der Waals surface area contributed by atoms with E-state index in [1.807, 2.05) is 32.9 Å². The van der Waals surface area contributed by atoms with E-state index < -0.39 is 71.4 Å². The zero-order valence-electron chi connectivity index (χ0n) is 25.6. The molecule has 2 aliphatic heterocycles. The summed E-state index contributed by atoms with van der Waals surface area (Å²) in [4.78, 5) is 27.7. The number of allylic oxidation sites excluding steroid dienone is 1. The van der Waals surface area contributed by atoms with Crippen LogP contribution in [0.4, 0.5) is 32.0 Å². The summed E-state index contributed by atoms with van der Waals surface area (Å²) < 4.78 is 87.5. The molecular weight excluding hydrogens is 616 g/mol. The molecule has 0 saturated carbocycles. The number of hydrogen-bond acceptors (Lipinski definition) is 5. The van der Waals surface area contributed by atoms with Crippen molar-refractivity contribution in [3.8, 4) is 5.75 Å². The summed E-state index contributed by atoms with van der Waals surface area (Å²) in [6.45, 7) is 5.29. The van der Waals surface area contributed by atoms with Gasteiger partial charge in [0.2, 0.25) is 11.8 Å². The van der Waals surface area contributed by atoms with Crippen LogP contribution in [0.1, 0.15) is 66.8 Å². The summed E-state index contributed by atoms with van der Waals surface area (Å²) in [5.41, 5.74) is 0.717. The number of ether oxygens (including phenoxy) is 1. The van der Waals surface area contributed by atoms with Gasteiger partial charge in [-0.3, -0.25) is 9.59 Å². The number of aliphatic hydroxyl groups excluding tert-OH is 1. The number of phenols is 1. The van der Waals surface area contributed by atoms with Crippen molar-refractivity contribution >= 4 is 23.6 Å². The molecule has 2 aromatic carbocycles. The van der Waals surface area contributed by atoms with E-state index in [0.29, 0.717) is 41.0 Å². The monoisotopic (exact) mass is 651 g/mol. The van der Waals surface area contributed by atoms with E-state index in [4.69, 9.17) is 4.74 Å². The molecular formula is C34H35F6NO5. The zero-order chi connectivity index (χ0) is 33.7. The van der Waals surface area contributed by atoms with E-state index in [2.05, 4.69) is 6.08 Å². The van der Waals surface area contributed by atoms with Crippen molar-refractivity contribution in [1.29, 1.82) is 0 Å². The molecule has 3 aliphatic rings. The first-order chi connectivity index (χ1) is 21.5. The predicted octanol–water partition coefficient (Wildman–Crippen LogP) is 7.52. The second-order valence-electron chi connectivity index (χ2n) is 12.4. The van der Waals surface area contributed by atoms with E-state index in [1.165, 1.54) is 0 Å². The number of rotatable bonds is 8. The number of hydrogen-bond donors (Lipinski definition) is 2. The highest BCUT2D eigenvalue weighted by Gasteiger charge is 2.57. The van der Waals surface area contributed by atoms with Crippen molar-refractivity contribution in [2.45, 2.75) is 71.3 Å². The quantitative estimate of drug-likeness (QED) is 0.175. The van der Waals surface area contributed by atoms with Crippen LogP contribution < -0.4 is 4.90 Å². The van der Waals surface area contributed by atoms with E-state index in [-0.39, 0.29) is 24.8 Å². The van der Waals surface area contributed by atoms with E-state index in [9.17, 15) is 46.1 Å². The highest BCUT2D eigenvalue weighted by atomic mass is 19.4. The molecule has 248 valence electrons. The molecule has 0 aromatic heterocycles. The van der Waals surface area contributed by atoms with E-state index in [1.54, 1.807) is 0 Å². The lowest BCUT2D eigenvalue weighted by molar-refractivity contribution is -0.143. The third-order valence-electron chi connectivity index (χ3n) is 9.21. The van der Waals surface area contributed by atoms with Crippen LogP contribution in [-0.2, 0) is 26.7 Å². The van der Waals surface area contributed by atoms with Gasteiger partial charge in [-0.15, -0.1) is 0 Å². The molecule has 4 atom stereocenters. The van der Waals surface area contributed by atoms with Gasteiger partial charge in [0.05, 0.1) is 48.0 Å². The average molecular weight is 652 g/mol. The van der Waals surface area contributed by atoms with Gasteiger partial charge in [0.15, 0.2) is 0 Å². The molecule has 0 spiro atoms. The van der Waals surface area contributed by atoms with E-state index in [0.717, 1.165) is 35.1 Å². The van der Waals surface area contributed by atoms with Gasteiger partial charge < -0.3 is 14.9 Å². The third-order valence-corrected chi connectivity index (χ3v) is 9.21. The number of aryl methyl sites for hydroxylation is 2. The maximum absolute atomic E-state index is 13.7. The van der Waals surface area contributed by atoms with Crippen LogP contribution in [0.15, 0.2) is 47.1 Å². The number of imide groups is 1. The van der Waals surface area contributed by atoms with Crippen molar-refractivity contribution in [3.05, 3.63) is 74.9 Å². The second-order valence-corrected chi connectivity index (χ2v) is 12.4. The molecule has 46 heavy (non-hydrogen) atoms. The summed E-state index contributed by atoms with van der Waals surface area (Å²) in [5.74, 6) is -4.28. The largest absolute Gasteiger partial charge is 0.507 e. The topological polar surface area (TPSA) is 87.1 Å². The Kier molecular flexibility index (Phi) is 9.18. The van der Waals surface area contributed by atoms with Gasteiger partial charge in [0, 0.05) is 5.92 Å². The molecule has 0 radical (unpaired) electrons. The first-order valence-electron chi connectivity index (χ1n) is 15.2. The van der Waals surface area contributed by atoms with Gasteiger partial charge in [-0.25, -0.2) is 4.90 Å². The maximum atomic E-state index is 13.7.